The Morgan fingerprint density at radius 3 is 2.74 bits per heavy atom. The van der Waals surface area contributed by atoms with Crippen LogP contribution >= 0.6 is 0 Å². The number of aromatic nitrogens is 1. The lowest BCUT2D eigenvalue weighted by Gasteiger charge is -2.24. The predicted molar refractivity (Wildman–Crippen MR) is 74.4 cm³/mol. The van der Waals surface area contributed by atoms with Gasteiger partial charge in [-0.15, -0.1) is 0 Å². The van der Waals surface area contributed by atoms with Crippen molar-refractivity contribution in [3.8, 4) is 0 Å². The number of aryl methyl sites for hydroxylation is 1. The fourth-order valence-electron chi connectivity index (χ4n) is 1.63. The standard InChI is InChI=1S/C13H21N3O3/c1-10-7-12(14-8-11(10)16(17)18)15-9-13(2,3)5-6-19-4/h7-8H,5-6,9H2,1-4H3,(H,14,15). The van der Waals surface area contributed by atoms with Crippen molar-refractivity contribution in [1.29, 1.82) is 0 Å². The van der Waals surface area contributed by atoms with Crippen LogP contribution in [0, 0.1) is 22.5 Å². The van der Waals surface area contributed by atoms with Crippen LogP contribution in [0.15, 0.2) is 12.3 Å². The number of hydrogen-bond donors (Lipinski definition) is 1. The minimum Gasteiger partial charge on any atom is -0.385 e. The van der Waals surface area contributed by atoms with E-state index in [0.717, 1.165) is 13.0 Å². The van der Waals surface area contributed by atoms with Crippen LogP contribution in [0.1, 0.15) is 25.8 Å². The van der Waals surface area contributed by atoms with E-state index in [9.17, 15) is 10.1 Å². The van der Waals surface area contributed by atoms with E-state index in [-0.39, 0.29) is 11.1 Å². The first-order chi connectivity index (χ1) is 8.85. The monoisotopic (exact) mass is 267 g/mol. The number of nitrogens with one attached hydrogen (secondary N) is 1. The summed E-state index contributed by atoms with van der Waals surface area (Å²) in [6.07, 6.45) is 2.22. The number of anilines is 1. The maximum atomic E-state index is 10.7. The van der Waals surface area contributed by atoms with Crippen molar-refractivity contribution >= 4 is 11.5 Å². The quantitative estimate of drug-likeness (QED) is 0.607. The van der Waals surface area contributed by atoms with E-state index in [0.29, 0.717) is 18.0 Å². The molecule has 0 saturated heterocycles. The van der Waals surface area contributed by atoms with E-state index in [4.69, 9.17) is 4.74 Å². The molecule has 1 aromatic rings. The highest BCUT2D eigenvalue weighted by Gasteiger charge is 2.18. The minimum atomic E-state index is -0.422. The Hall–Kier alpha value is -1.69. The van der Waals surface area contributed by atoms with Gasteiger partial charge in [0.05, 0.1) is 4.92 Å². The Labute approximate surface area is 113 Å². The summed E-state index contributed by atoms with van der Waals surface area (Å²) in [7, 11) is 1.69. The molecule has 0 saturated carbocycles. The number of nitrogens with zero attached hydrogens (tertiary/aromatic N) is 2. The SMILES string of the molecule is COCCC(C)(C)CNc1cc(C)c([N+](=O)[O-])cn1. The maximum absolute atomic E-state index is 10.7. The molecule has 0 aliphatic rings. The van der Waals surface area contributed by atoms with Gasteiger partial charge in [-0.2, -0.15) is 0 Å². The van der Waals surface area contributed by atoms with Crippen LogP contribution in [-0.4, -0.2) is 30.2 Å². The predicted octanol–water partition coefficient (Wildman–Crippen LogP) is 2.77. The van der Waals surface area contributed by atoms with E-state index < -0.39 is 4.92 Å². The zero-order chi connectivity index (χ0) is 14.5. The fraction of sp³-hybridized carbons (Fsp3) is 0.615. The van der Waals surface area contributed by atoms with Gasteiger partial charge in [0.25, 0.3) is 5.69 Å². The number of nitro groups is 1. The molecular weight excluding hydrogens is 246 g/mol. The van der Waals surface area contributed by atoms with Gasteiger partial charge in [-0.05, 0) is 24.8 Å². The largest absolute Gasteiger partial charge is 0.385 e. The van der Waals surface area contributed by atoms with Crippen molar-refractivity contribution in [1.82, 2.24) is 4.98 Å². The Morgan fingerprint density at radius 1 is 1.53 bits per heavy atom. The Bertz CT molecular complexity index is 447. The first-order valence-electron chi connectivity index (χ1n) is 6.19. The van der Waals surface area contributed by atoms with Crippen molar-refractivity contribution in [2.45, 2.75) is 27.2 Å². The minimum absolute atomic E-state index is 0.0455. The van der Waals surface area contributed by atoms with Crippen molar-refractivity contribution in [2.24, 2.45) is 5.41 Å². The average Bonchev–Trinajstić information content (AvgIpc) is 2.34. The summed E-state index contributed by atoms with van der Waals surface area (Å²) < 4.78 is 5.07. The highest BCUT2D eigenvalue weighted by molar-refractivity contribution is 5.46. The third-order valence-electron chi connectivity index (χ3n) is 3.01. The van der Waals surface area contributed by atoms with Crippen LogP contribution in [0.5, 0.6) is 0 Å². The molecule has 0 atom stereocenters. The Kier molecular flexibility index (Phi) is 5.23. The van der Waals surface area contributed by atoms with Crippen LogP contribution in [0.4, 0.5) is 11.5 Å². The molecule has 0 radical (unpaired) electrons. The van der Waals surface area contributed by atoms with E-state index in [2.05, 4.69) is 24.1 Å². The summed E-state index contributed by atoms with van der Waals surface area (Å²) in [6.45, 7) is 7.43. The second kappa shape index (κ2) is 6.47. The van der Waals surface area contributed by atoms with Crippen LogP contribution in [-0.2, 0) is 4.74 Å². The van der Waals surface area contributed by atoms with E-state index in [1.807, 2.05) is 0 Å². The molecule has 0 unspecified atom stereocenters. The van der Waals surface area contributed by atoms with Crippen molar-refractivity contribution in [3.63, 3.8) is 0 Å². The second-order valence-corrected chi connectivity index (χ2v) is 5.37. The van der Waals surface area contributed by atoms with E-state index >= 15 is 0 Å². The third-order valence-corrected chi connectivity index (χ3v) is 3.01. The van der Waals surface area contributed by atoms with Gasteiger partial charge in [-0.3, -0.25) is 10.1 Å². The highest BCUT2D eigenvalue weighted by atomic mass is 16.6. The molecule has 6 nitrogen and oxygen atoms in total. The van der Waals surface area contributed by atoms with Gasteiger partial charge >= 0.3 is 0 Å². The number of methoxy groups -OCH3 is 1. The van der Waals surface area contributed by atoms with Crippen molar-refractivity contribution < 1.29 is 9.66 Å². The van der Waals surface area contributed by atoms with Crippen LogP contribution in [0.25, 0.3) is 0 Å². The molecule has 1 rings (SSSR count). The Morgan fingerprint density at radius 2 is 2.21 bits per heavy atom. The van der Waals surface area contributed by atoms with Gasteiger partial charge in [0, 0.05) is 25.8 Å². The Balaban J connectivity index is 2.63. The maximum Gasteiger partial charge on any atom is 0.290 e. The van der Waals surface area contributed by atoms with E-state index in [1.165, 1.54) is 6.20 Å². The molecule has 6 heteroatoms. The molecule has 0 fully saturated rings. The summed E-state index contributed by atoms with van der Waals surface area (Å²) in [5, 5.41) is 13.9. The zero-order valence-corrected chi connectivity index (χ0v) is 11.9. The zero-order valence-electron chi connectivity index (χ0n) is 11.9. The number of ether oxygens (including phenoxy) is 1. The molecule has 19 heavy (non-hydrogen) atoms. The van der Waals surface area contributed by atoms with Gasteiger partial charge in [0.1, 0.15) is 12.0 Å². The normalized spacial score (nSPS) is 11.4. The molecule has 0 bridgehead atoms. The summed E-state index contributed by atoms with van der Waals surface area (Å²) in [6, 6.07) is 1.70. The van der Waals surface area contributed by atoms with Gasteiger partial charge in [0.15, 0.2) is 0 Å². The van der Waals surface area contributed by atoms with Gasteiger partial charge in [0.2, 0.25) is 0 Å². The second-order valence-electron chi connectivity index (χ2n) is 5.37. The van der Waals surface area contributed by atoms with Crippen LogP contribution in [0.3, 0.4) is 0 Å². The molecule has 0 aliphatic carbocycles. The summed E-state index contributed by atoms with van der Waals surface area (Å²) in [5.74, 6) is 0.661. The molecular formula is C13H21N3O3. The first kappa shape index (κ1) is 15.4. The van der Waals surface area contributed by atoms with Crippen molar-refractivity contribution in [2.75, 3.05) is 25.6 Å². The molecule has 0 aromatic carbocycles. The van der Waals surface area contributed by atoms with Crippen molar-refractivity contribution in [3.05, 3.63) is 27.9 Å². The lowest BCUT2D eigenvalue weighted by molar-refractivity contribution is -0.385. The number of hydrogen-bond acceptors (Lipinski definition) is 5. The van der Waals surface area contributed by atoms with Crippen LogP contribution in [0.2, 0.25) is 0 Å². The molecule has 1 heterocycles. The molecule has 1 N–H and O–H groups in total. The molecule has 1 aromatic heterocycles. The smallest absolute Gasteiger partial charge is 0.290 e. The lowest BCUT2D eigenvalue weighted by Crippen LogP contribution is -2.25. The topological polar surface area (TPSA) is 77.3 Å². The fourth-order valence-corrected chi connectivity index (χ4v) is 1.63. The average molecular weight is 267 g/mol. The van der Waals surface area contributed by atoms with Gasteiger partial charge < -0.3 is 10.1 Å². The number of rotatable bonds is 7. The molecule has 0 aliphatic heterocycles. The highest BCUT2D eigenvalue weighted by Crippen LogP contribution is 2.23. The third kappa shape index (κ3) is 4.82. The molecule has 0 spiro atoms. The summed E-state index contributed by atoms with van der Waals surface area (Å²) in [4.78, 5) is 14.3. The van der Waals surface area contributed by atoms with E-state index in [1.54, 1.807) is 20.1 Å². The molecule has 106 valence electrons. The summed E-state index contributed by atoms with van der Waals surface area (Å²) >= 11 is 0. The first-order valence-corrected chi connectivity index (χ1v) is 6.19. The summed E-state index contributed by atoms with van der Waals surface area (Å²) in [5.41, 5.74) is 0.731. The van der Waals surface area contributed by atoms with Gasteiger partial charge in [-0.1, -0.05) is 13.8 Å². The lowest BCUT2D eigenvalue weighted by atomic mass is 9.90. The van der Waals surface area contributed by atoms with Gasteiger partial charge in [-0.25, -0.2) is 4.98 Å². The molecule has 0 amide bonds. The number of pyridine rings is 1. The van der Waals surface area contributed by atoms with Crippen LogP contribution < -0.4 is 5.32 Å².